The van der Waals surface area contributed by atoms with E-state index < -0.39 is 17.7 Å². The number of hydrogen-bond acceptors (Lipinski definition) is 3. The van der Waals surface area contributed by atoms with Crippen molar-refractivity contribution in [1.82, 2.24) is 4.98 Å². The normalized spacial score (nSPS) is 12.7. The highest BCUT2D eigenvalue weighted by atomic mass is 35.5. The fraction of sp³-hybridized carbons (Fsp3) is 0.182. The highest BCUT2D eigenvalue weighted by Gasteiger charge is 2.17. The van der Waals surface area contributed by atoms with E-state index in [0.29, 0.717) is 9.34 Å². The molecule has 0 amide bonds. The summed E-state index contributed by atoms with van der Waals surface area (Å²) in [4.78, 5) is 3.86. The number of nitrogens with zero attached hydrogens (tertiary/aromatic N) is 1. The number of aliphatic hydroxyl groups is 1. The summed E-state index contributed by atoms with van der Waals surface area (Å²) in [7, 11) is 0. The van der Waals surface area contributed by atoms with Crippen LogP contribution in [0.15, 0.2) is 24.4 Å². The number of rotatable bonds is 3. The molecule has 2 aromatic rings. The van der Waals surface area contributed by atoms with Crippen LogP contribution in [0.3, 0.4) is 0 Å². The van der Waals surface area contributed by atoms with Crippen molar-refractivity contribution in [2.24, 2.45) is 0 Å². The molecular formula is C11H8ClF2NOS. The Morgan fingerprint density at radius 1 is 1.35 bits per heavy atom. The third-order valence-electron chi connectivity index (χ3n) is 2.24. The number of thiazole rings is 1. The van der Waals surface area contributed by atoms with E-state index in [1.54, 1.807) is 0 Å². The molecule has 0 saturated carbocycles. The molecule has 1 heterocycles. The van der Waals surface area contributed by atoms with Crippen molar-refractivity contribution >= 4 is 22.9 Å². The minimum absolute atomic E-state index is 0.147. The first-order valence-electron chi connectivity index (χ1n) is 4.80. The van der Waals surface area contributed by atoms with Crippen molar-refractivity contribution in [3.8, 4) is 0 Å². The molecule has 1 aromatic heterocycles. The van der Waals surface area contributed by atoms with Crippen molar-refractivity contribution in [3.05, 3.63) is 50.9 Å². The van der Waals surface area contributed by atoms with E-state index in [1.165, 1.54) is 12.3 Å². The second kappa shape index (κ2) is 5.08. The maximum absolute atomic E-state index is 13.3. The predicted molar refractivity (Wildman–Crippen MR) is 62.1 cm³/mol. The first-order chi connectivity index (χ1) is 8.08. The van der Waals surface area contributed by atoms with Crippen LogP contribution in [0.1, 0.15) is 16.7 Å². The van der Waals surface area contributed by atoms with Crippen LogP contribution < -0.4 is 0 Å². The van der Waals surface area contributed by atoms with Gasteiger partial charge in [0.15, 0.2) is 0 Å². The van der Waals surface area contributed by atoms with Crippen LogP contribution in [0.2, 0.25) is 4.34 Å². The average molecular weight is 276 g/mol. The second-order valence-corrected chi connectivity index (χ2v) is 5.12. The van der Waals surface area contributed by atoms with E-state index in [-0.39, 0.29) is 12.0 Å². The molecule has 0 aliphatic carbocycles. The Morgan fingerprint density at radius 3 is 2.53 bits per heavy atom. The van der Waals surface area contributed by atoms with Gasteiger partial charge in [0.25, 0.3) is 0 Å². The number of aromatic nitrogens is 1. The van der Waals surface area contributed by atoms with Crippen molar-refractivity contribution < 1.29 is 13.9 Å². The van der Waals surface area contributed by atoms with E-state index >= 15 is 0 Å². The fourth-order valence-electron chi connectivity index (χ4n) is 1.43. The molecule has 1 N–H and O–H groups in total. The number of benzene rings is 1. The monoisotopic (exact) mass is 275 g/mol. The van der Waals surface area contributed by atoms with Gasteiger partial charge in [-0.1, -0.05) is 17.7 Å². The summed E-state index contributed by atoms with van der Waals surface area (Å²) in [6.45, 7) is 0. The van der Waals surface area contributed by atoms with E-state index in [0.717, 1.165) is 23.5 Å². The Balaban J connectivity index is 2.21. The molecule has 0 radical (unpaired) electrons. The highest BCUT2D eigenvalue weighted by Crippen LogP contribution is 2.27. The van der Waals surface area contributed by atoms with Crippen molar-refractivity contribution in [1.29, 1.82) is 0 Å². The molecule has 0 bridgehead atoms. The molecule has 1 unspecified atom stereocenters. The summed E-state index contributed by atoms with van der Waals surface area (Å²) in [5.74, 6) is -1.35. The van der Waals surface area contributed by atoms with Gasteiger partial charge in [-0.15, -0.1) is 11.3 Å². The maximum atomic E-state index is 13.3. The lowest BCUT2D eigenvalue weighted by Crippen LogP contribution is -2.05. The third kappa shape index (κ3) is 2.80. The van der Waals surface area contributed by atoms with Gasteiger partial charge in [0.05, 0.1) is 6.20 Å². The molecule has 2 nitrogen and oxygen atoms in total. The van der Waals surface area contributed by atoms with Crippen LogP contribution >= 0.6 is 22.9 Å². The van der Waals surface area contributed by atoms with Gasteiger partial charge in [0.2, 0.25) is 0 Å². The average Bonchev–Trinajstić information content (AvgIpc) is 2.70. The van der Waals surface area contributed by atoms with E-state index in [2.05, 4.69) is 4.98 Å². The highest BCUT2D eigenvalue weighted by molar-refractivity contribution is 7.15. The smallest absolute Gasteiger partial charge is 0.129 e. The maximum Gasteiger partial charge on any atom is 0.129 e. The quantitative estimate of drug-likeness (QED) is 0.932. The van der Waals surface area contributed by atoms with E-state index in [9.17, 15) is 13.9 Å². The molecule has 1 aromatic carbocycles. The third-order valence-corrected chi connectivity index (χ3v) is 3.46. The van der Waals surface area contributed by atoms with E-state index in [4.69, 9.17) is 11.6 Å². The van der Waals surface area contributed by atoms with Crippen molar-refractivity contribution in [2.45, 2.75) is 12.5 Å². The van der Waals surface area contributed by atoms with Crippen LogP contribution in [0, 0.1) is 11.6 Å². The minimum Gasteiger partial charge on any atom is -0.386 e. The summed E-state index contributed by atoms with van der Waals surface area (Å²) in [5.41, 5.74) is -0.147. The Bertz CT molecular complexity index is 512. The van der Waals surface area contributed by atoms with Gasteiger partial charge in [0.1, 0.15) is 27.1 Å². The number of hydrogen-bond donors (Lipinski definition) is 1. The van der Waals surface area contributed by atoms with Gasteiger partial charge in [-0.05, 0) is 12.1 Å². The first kappa shape index (κ1) is 12.4. The lowest BCUT2D eigenvalue weighted by Gasteiger charge is -2.09. The van der Waals surface area contributed by atoms with Gasteiger partial charge in [-0.25, -0.2) is 13.8 Å². The van der Waals surface area contributed by atoms with Crippen LogP contribution in [0.5, 0.6) is 0 Å². The van der Waals surface area contributed by atoms with Gasteiger partial charge < -0.3 is 5.11 Å². The number of halogens is 3. The molecule has 2 rings (SSSR count). The van der Waals surface area contributed by atoms with Crippen LogP contribution in [0.4, 0.5) is 8.78 Å². The van der Waals surface area contributed by atoms with Crippen molar-refractivity contribution in [3.63, 3.8) is 0 Å². The lowest BCUT2D eigenvalue weighted by molar-refractivity contribution is 0.175. The second-order valence-electron chi connectivity index (χ2n) is 3.42. The van der Waals surface area contributed by atoms with E-state index in [1.807, 2.05) is 0 Å². The standard InChI is InChI=1S/C11H8ClF2NOS/c12-10-5-15-11(17-10)9(16)4-6-7(13)2-1-3-8(6)14/h1-3,5,9,16H,4H2. The first-order valence-corrected chi connectivity index (χ1v) is 5.99. The molecule has 0 saturated heterocycles. The zero-order valence-corrected chi connectivity index (χ0v) is 10.1. The molecule has 1 atom stereocenters. The van der Waals surface area contributed by atoms with Crippen molar-refractivity contribution in [2.75, 3.05) is 0 Å². The summed E-state index contributed by atoms with van der Waals surface area (Å²) < 4.78 is 27.1. The summed E-state index contributed by atoms with van der Waals surface area (Å²) in [5, 5.41) is 10.1. The molecule has 17 heavy (non-hydrogen) atoms. The zero-order chi connectivity index (χ0) is 12.4. The minimum atomic E-state index is -1.06. The van der Waals surface area contributed by atoms with Gasteiger partial charge in [-0.3, -0.25) is 0 Å². The summed E-state index contributed by atoms with van der Waals surface area (Å²) >= 11 is 6.75. The summed E-state index contributed by atoms with van der Waals surface area (Å²) in [6, 6.07) is 3.58. The topological polar surface area (TPSA) is 33.1 Å². The fourth-order valence-corrected chi connectivity index (χ4v) is 2.34. The Labute approximate surface area is 106 Å². The molecule has 0 aliphatic heterocycles. The van der Waals surface area contributed by atoms with Crippen LogP contribution in [-0.4, -0.2) is 10.1 Å². The molecule has 0 aliphatic rings. The molecule has 0 fully saturated rings. The van der Waals surface area contributed by atoms with Crippen LogP contribution in [0.25, 0.3) is 0 Å². The lowest BCUT2D eigenvalue weighted by atomic mass is 10.1. The molecule has 6 heteroatoms. The predicted octanol–water partition coefficient (Wildman–Crippen LogP) is 3.35. The molecular weight excluding hydrogens is 268 g/mol. The number of aliphatic hydroxyl groups excluding tert-OH is 1. The Morgan fingerprint density at radius 2 is 2.00 bits per heavy atom. The Kier molecular flexibility index (Phi) is 3.71. The molecule has 90 valence electrons. The van der Waals surface area contributed by atoms with Gasteiger partial charge in [-0.2, -0.15) is 0 Å². The SMILES string of the molecule is OC(Cc1c(F)cccc1F)c1ncc(Cl)s1. The van der Waals surface area contributed by atoms with Gasteiger partial charge >= 0.3 is 0 Å². The Hall–Kier alpha value is -1.04. The zero-order valence-electron chi connectivity index (χ0n) is 8.53. The largest absolute Gasteiger partial charge is 0.386 e. The van der Waals surface area contributed by atoms with Gasteiger partial charge in [0, 0.05) is 12.0 Å². The molecule has 0 spiro atoms. The summed E-state index contributed by atoms with van der Waals surface area (Å²) in [6.07, 6.45) is 0.170. The van der Waals surface area contributed by atoms with Crippen LogP contribution in [-0.2, 0) is 6.42 Å².